The highest BCUT2D eigenvalue weighted by molar-refractivity contribution is 5.85. The maximum absolute atomic E-state index is 12.1. The lowest BCUT2D eigenvalue weighted by Gasteiger charge is -2.17. The molecule has 21 heavy (non-hydrogen) atoms. The Kier molecular flexibility index (Phi) is 5.34. The van der Waals surface area contributed by atoms with Gasteiger partial charge in [-0.2, -0.15) is 0 Å². The maximum Gasteiger partial charge on any atom is 0.313 e. The van der Waals surface area contributed by atoms with E-state index in [1.54, 1.807) is 0 Å². The molecule has 3 nitrogen and oxygen atoms in total. The number of rotatable bonds is 6. The molecule has 0 saturated carbocycles. The van der Waals surface area contributed by atoms with Gasteiger partial charge >= 0.3 is 5.97 Å². The predicted octanol–water partition coefficient (Wildman–Crippen LogP) is 3.44. The van der Waals surface area contributed by atoms with Crippen molar-refractivity contribution in [3.63, 3.8) is 0 Å². The molecule has 0 aliphatic rings. The second-order valence-corrected chi connectivity index (χ2v) is 5.63. The van der Waals surface area contributed by atoms with Gasteiger partial charge in [-0.05, 0) is 49.8 Å². The molecule has 0 aliphatic carbocycles. The minimum absolute atomic E-state index is 0.149. The molecule has 0 heterocycles. The number of hydrogen-bond acceptors (Lipinski definition) is 3. The van der Waals surface area contributed by atoms with Crippen molar-refractivity contribution in [2.45, 2.75) is 18.8 Å². The van der Waals surface area contributed by atoms with Gasteiger partial charge in [0.05, 0.1) is 13.0 Å². The number of carbonyl (C=O) groups excluding carboxylic acids is 1. The van der Waals surface area contributed by atoms with Gasteiger partial charge in [-0.15, -0.1) is 0 Å². The van der Waals surface area contributed by atoms with Crippen molar-refractivity contribution < 1.29 is 9.53 Å². The third-order valence-electron chi connectivity index (χ3n) is 3.76. The summed E-state index contributed by atoms with van der Waals surface area (Å²) in [6.45, 7) is 0.973. The summed E-state index contributed by atoms with van der Waals surface area (Å²) in [5.41, 5.74) is 1.04. The lowest BCUT2D eigenvalue weighted by atomic mass is 9.92. The molecule has 0 spiro atoms. The third kappa shape index (κ3) is 4.05. The summed E-state index contributed by atoms with van der Waals surface area (Å²) in [5.74, 6) is -0.330. The van der Waals surface area contributed by atoms with Crippen LogP contribution in [0.4, 0.5) is 0 Å². The molecule has 0 fully saturated rings. The molecule has 2 aromatic rings. The van der Waals surface area contributed by atoms with Crippen LogP contribution in [-0.2, 0) is 9.53 Å². The van der Waals surface area contributed by atoms with Crippen LogP contribution in [0, 0.1) is 0 Å². The number of hydrogen-bond donors (Lipinski definition) is 0. The average molecular weight is 285 g/mol. The first-order chi connectivity index (χ1) is 10.1. The predicted molar refractivity (Wildman–Crippen MR) is 86.5 cm³/mol. The summed E-state index contributed by atoms with van der Waals surface area (Å²) >= 11 is 0. The Morgan fingerprint density at radius 2 is 1.86 bits per heavy atom. The number of benzene rings is 2. The molecule has 0 radical (unpaired) electrons. The molecule has 0 aromatic heterocycles. The van der Waals surface area contributed by atoms with E-state index >= 15 is 0 Å². The zero-order valence-electron chi connectivity index (χ0n) is 13.0. The summed E-state index contributed by atoms with van der Waals surface area (Å²) in [6, 6.07) is 14.4. The van der Waals surface area contributed by atoms with E-state index in [1.165, 1.54) is 12.5 Å². The highest BCUT2D eigenvalue weighted by Gasteiger charge is 2.21. The molecular weight excluding hydrogens is 262 g/mol. The molecule has 3 heteroatoms. The number of ether oxygens (including phenoxy) is 1. The maximum atomic E-state index is 12.1. The van der Waals surface area contributed by atoms with E-state index in [0.29, 0.717) is 0 Å². The zero-order chi connectivity index (χ0) is 15.2. The van der Waals surface area contributed by atoms with Gasteiger partial charge in [0.25, 0.3) is 0 Å². The standard InChI is InChI=1S/C18H23NO2/c1-19(2)12-6-9-17(18(20)21-3)16-11-10-14-7-4-5-8-15(14)13-16/h4-5,7-8,10-11,13,17H,6,9,12H2,1-3H3. The Labute approximate surface area is 126 Å². The Balaban J connectivity index is 2.23. The minimum Gasteiger partial charge on any atom is -0.469 e. The fourth-order valence-electron chi connectivity index (χ4n) is 2.60. The van der Waals surface area contributed by atoms with Crippen molar-refractivity contribution in [3.05, 3.63) is 48.0 Å². The number of esters is 1. The van der Waals surface area contributed by atoms with Crippen molar-refractivity contribution in [2.75, 3.05) is 27.7 Å². The monoisotopic (exact) mass is 285 g/mol. The quantitative estimate of drug-likeness (QED) is 0.761. The van der Waals surface area contributed by atoms with Gasteiger partial charge < -0.3 is 9.64 Å². The van der Waals surface area contributed by atoms with Crippen LogP contribution in [0.2, 0.25) is 0 Å². The van der Waals surface area contributed by atoms with E-state index in [2.05, 4.69) is 29.2 Å². The van der Waals surface area contributed by atoms with E-state index in [9.17, 15) is 4.79 Å². The van der Waals surface area contributed by atoms with Crippen LogP contribution in [0.1, 0.15) is 24.3 Å². The molecule has 2 aromatic carbocycles. The highest BCUT2D eigenvalue weighted by atomic mass is 16.5. The Hall–Kier alpha value is -1.87. The first kappa shape index (κ1) is 15.5. The van der Waals surface area contributed by atoms with Gasteiger partial charge in [0, 0.05) is 0 Å². The average Bonchev–Trinajstić information content (AvgIpc) is 2.50. The second-order valence-electron chi connectivity index (χ2n) is 5.63. The van der Waals surface area contributed by atoms with E-state index < -0.39 is 0 Å². The van der Waals surface area contributed by atoms with Crippen molar-refractivity contribution >= 4 is 16.7 Å². The van der Waals surface area contributed by atoms with Gasteiger partial charge in [0.1, 0.15) is 0 Å². The normalized spacial score (nSPS) is 12.6. The number of methoxy groups -OCH3 is 1. The molecule has 0 aliphatic heterocycles. The van der Waals surface area contributed by atoms with Crippen molar-refractivity contribution in [1.29, 1.82) is 0 Å². The third-order valence-corrected chi connectivity index (χ3v) is 3.76. The van der Waals surface area contributed by atoms with Crippen molar-refractivity contribution in [1.82, 2.24) is 4.90 Å². The smallest absolute Gasteiger partial charge is 0.313 e. The molecule has 0 saturated heterocycles. The number of nitrogens with zero attached hydrogens (tertiary/aromatic N) is 1. The van der Waals surface area contributed by atoms with Gasteiger partial charge in [-0.1, -0.05) is 42.5 Å². The number of fused-ring (bicyclic) bond motifs is 1. The summed E-state index contributed by atoms with van der Waals surface area (Å²) in [7, 11) is 5.55. The molecule has 1 atom stereocenters. The van der Waals surface area contributed by atoms with Crippen LogP contribution in [-0.4, -0.2) is 38.6 Å². The zero-order valence-corrected chi connectivity index (χ0v) is 13.0. The SMILES string of the molecule is COC(=O)C(CCCN(C)C)c1ccc2ccccc2c1. The summed E-state index contributed by atoms with van der Waals surface area (Å²) in [5, 5.41) is 2.36. The lowest BCUT2D eigenvalue weighted by molar-refractivity contribution is -0.142. The van der Waals surface area contributed by atoms with Crippen LogP contribution < -0.4 is 0 Å². The minimum atomic E-state index is -0.181. The Morgan fingerprint density at radius 3 is 2.52 bits per heavy atom. The first-order valence-electron chi connectivity index (χ1n) is 7.33. The van der Waals surface area contributed by atoms with Gasteiger partial charge in [0.15, 0.2) is 0 Å². The van der Waals surface area contributed by atoms with E-state index in [4.69, 9.17) is 4.74 Å². The summed E-state index contributed by atoms with van der Waals surface area (Å²) < 4.78 is 4.98. The Bertz CT molecular complexity index is 607. The fraction of sp³-hybridized carbons (Fsp3) is 0.389. The van der Waals surface area contributed by atoms with Crippen molar-refractivity contribution in [2.24, 2.45) is 0 Å². The van der Waals surface area contributed by atoms with Gasteiger partial charge in [-0.3, -0.25) is 4.79 Å². The van der Waals surface area contributed by atoms with Gasteiger partial charge in [0.2, 0.25) is 0 Å². The van der Waals surface area contributed by atoms with Gasteiger partial charge in [-0.25, -0.2) is 0 Å². The molecular formula is C18H23NO2. The molecule has 1 unspecified atom stereocenters. The van der Waals surface area contributed by atoms with E-state index in [1.807, 2.05) is 32.3 Å². The summed E-state index contributed by atoms with van der Waals surface area (Å²) in [6.07, 6.45) is 1.78. The molecule has 112 valence electrons. The second kappa shape index (κ2) is 7.23. The van der Waals surface area contributed by atoms with Crippen LogP contribution >= 0.6 is 0 Å². The van der Waals surface area contributed by atoms with Crippen LogP contribution in [0.25, 0.3) is 10.8 Å². The first-order valence-corrected chi connectivity index (χ1v) is 7.33. The number of carbonyl (C=O) groups is 1. The van der Waals surface area contributed by atoms with Crippen LogP contribution in [0.5, 0.6) is 0 Å². The molecule has 0 bridgehead atoms. The molecule has 2 rings (SSSR count). The largest absolute Gasteiger partial charge is 0.469 e. The van der Waals surface area contributed by atoms with Crippen molar-refractivity contribution in [3.8, 4) is 0 Å². The van der Waals surface area contributed by atoms with Crippen LogP contribution in [0.15, 0.2) is 42.5 Å². The Morgan fingerprint density at radius 1 is 1.14 bits per heavy atom. The fourth-order valence-corrected chi connectivity index (χ4v) is 2.60. The highest BCUT2D eigenvalue weighted by Crippen LogP contribution is 2.26. The molecule has 0 amide bonds. The van der Waals surface area contributed by atoms with E-state index in [0.717, 1.165) is 30.3 Å². The van der Waals surface area contributed by atoms with E-state index in [-0.39, 0.29) is 11.9 Å². The lowest BCUT2D eigenvalue weighted by Crippen LogP contribution is -2.18. The summed E-state index contributed by atoms with van der Waals surface area (Å²) in [4.78, 5) is 14.2. The van der Waals surface area contributed by atoms with Crippen LogP contribution in [0.3, 0.4) is 0 Å². The topological polar surface area (TPSA) is 29.5 Å². The molecule has 0 N–H and O–H groups in total.